The molecule has 0 spiro atoms. The van der Waals surface area contributed by atoms with Gasteiger partial charge in [-0.05, 0) is 36.2 Å². The highest BCUT2D eigenvalue weighted by Crippen LogP contribution is 2.34. The number of hydrogen-bond donors (Lipinski definition) is 1. The van der Waals surface area contributed by atoms with E-state index < -0.39 is 17.6 Å². The molecule has 2 amide bonds. The van der Waals surface area contributed by atoms with E-state index in [-0.39, 0.29) is 24.7 Å². The number of nitrogens with one attached hydrogen (secondary N) is 1. The molecule has 27 heavy (non-hydrogen) atoms. The summed E-state index contributed by atoms with van der Waals surface area (Å²) in [7, 11) is 0. The van der Waals surface area contributed by atoms with Crippen LogP contribution >= 0.6 is 11.6 Å². The van der Waals surface area contributed by atoms with Gasteiger partial charge in [-0.1, -0.05) is 35.9 Å². The Labute approximate surface area is 159 Å². The van der Waals surface area contributed by atoms with E-state index in [9.17, 15) is 22.8 Å². The number of amides is 2. The topological polar surface area (TPSA) is 49.4 Å². The van der Waals surface area contributed by atoms with Gasteiger partial charge in [-0.3, -0.25) is 9.59 Å². The van der Waals surface area contributed by atoms with Gasteiger partial charge >= 0.3 is 6.18 Å². The summed E-state index contributed by atoms with van der Waals surface area (Å²) in [5, 5.41) is 2.83. The maximum Gasteiger partial charge on any atom is 0.418 e. The summed E-state index contributed by atoms with van der Waals surface area (Å²) in [5.74, 6) is -1.04. The minimum absolute atomic E-state index is 0.255. The smallest absolute Gasteiger partial charge is 0.333 e. The Bertz CT molecular complexity index is 807. The molecule has 0 aliphatic carbocycles. The fourth-order valence-electron chi connectivity index (χ4n) is 2.47. The second kappa shape index (κ2) is 8.90. The molecule has 4 nitrogen and oxygen atoms in total. The zero-order valence-electron chi connectivity index (χ0n) is 14.5. The van der Waals surface area contributed by atoms with Gasteiger partial charge in [0, 0.05) is 18.5 Å². The Morgan fingerprint density at radius 2 is 1.70 bits per heavy atom. The molecule has 2 aromatic rings. The first-order chi connectivity index (χ1) is 12.7. The first-order valence-electron chi connectivity index (χ1n) is 8.13. The summed E-state index contributed by atoms with van der Waals surface area (Å²) in [6.07, 6.45) is -4.10. The quantitative estimate of drug-likeness (QED) is 0.784. The van der Waals surface area contributed by atoms with Gasteiger partial charge in [0.2, 0.25) is 11.8 Å². The van der Waals surface area contributed by atoms with Crippen molar-refractivity contribution >= 4 is 29.1 Å². The summed E-state index contributed by atoms with van der Waals surface area (Å²) in [4.78, 5) is 25.2. The molecule has 0 unspecified atom stereocenters. The number of rotatable bonds is 6. The number of anilines is 1. The van der Waals surface area contributed by atoms with E-state index in [0.29, 0.717) is 11.4 Å². The molecule has 0 heterocycles. The number of hydrogen-bond acceptors (Lipinski definition) is 2. The second-order valence-electron chi connectivity index (χ2n) is 5.91. The molecule has 8 heteroatoms. The predicted octanol–water partition coefficient (Wildman–Crippen LogP) is 4.39. The van der Waals surface area contributed by atoms with Crippen molar-refractivity contribution in [3.05, 3.63) is 64.7 Å². The molecule has 1 N–H and O–H groups in total. The van der Waals surface area contributed by atoms with Crippen molar-refractivity contribution in [2.45, 2.75) is 19.5 Å². The van der Waals surface area contributed by atoms with Crippen LogP contribution in [0.1, 0.15) is 18.1 Å². The van der Waals surface area contributed by atoms with E-state index in [1.807, 2.05) is 0 Å². The van der Waals surface area contributed by atoms with Crippen molar-refractivity contribution < 1.29 is 22.8 Å². The van der Waals surface area contributed by atoms with Gasteiger partial charge < -0.3 is 10.2 Å². The van der Waals surface area contributed by atoms with Gasteiger partial charge in [-0.15, -0.1) is 0 Å². The van der Waals surface area contributed by atoms with E-state index in [1.165, 1.54) is 30.0 Å². The molecule has 144 valence electrons. The molecule has 0 saturated heterocycles. The number of alkyl halides is 3. The third kappa shape index (κ3) is 6.29. The molecule has 0 bridgehead atoms. The highest BCUT2D eigenvalue weighted by atomic mass is 35.5. The zero-order chi connectivity index (χ0) is 20.0. The van der Waals surface area contributed by atoms with E-state index >= 15 is 0 Å². The van der Waals surface area contributed by atoms with Crippen LogP contribution in [0.2, 0.25) is 5.02 Å². The molecule has 0 radical (unpaired) electrons. The number of benzene rings is 2. The summed E-state index contributed by atoms with van der Waals surface area (Å²) < 4.78 is 39.0. The number of halogens is 4. The maximum absolute atomic E-state index is 13.0. The number of nitrogens with zero attached hydrogens (tertiary/aromatic N) is 1. The second-order valence-corrected chi connectivity index (χ2v) is 6.34. The van der Waals surface area contributed by atoms with Crippen molar-refractivity contribution in [1.29, 1.82) is 0 Å². The Morgan fingerprint density at radius 1 is 1.07 bits per heavy atom. The molecular weight excluding hydrogens is 381 g/mol. The van der Waals surface area contributed by atoms with Gasteiger partial charge in [-0.2, -0.15) is 13.2 Å². The Hall–Kier alpha value is -2.54. The molecule has 0 atom stereocenters. The summed E-state index contributed by atoms with van der Waals surface area (Å²) in [5.41, 5.74) is -0.349. The van der Waals surface area contributed by atoms with Crippen molar-refractivity contribution in [2.24, 2.45) is 0 Å². The standard InChI is InChI=1S/C19H18ClF3N2O2/c1-13(26)25(11-10-14-6-8-15(20)9-7-14)12-18(27)24-17-5-3-2-4-16(17)19(21,22)23/h2-9H,10-12H2,1H3,(H,24,27). The highest BCUT2D eigenvalue weighted by molar-refractivity contribution is 6.30. The third-order valence-electron chi connectivity index (χ3n) is 3.87. The normalized spacial score (nSPS) is 11.1. The number of carbonyl (C=O) groups excluding carboxylic acids is 2. The monoisotopic (exact) mass is 398 g/mol. The highest BCUT2D eigenvalue weighted by Gasteiger charge is 2.33. The molecule has 0 saturated carbocycles. The number of para-hydroxylation sites is 1. The van der Waals surface area contributed by atoms with Crippen LogP contribution in [0, 0.1) is 0 Å². The predicted molar refractivity (Wildman–Crippen MR) is 97.5 cm³/mol. The van der Waals surface area contributed by atoms with Crippen molar-refractivity contribution in [1.82, 2.24) is 4.90 Å². The van der Waals surface area contributed by atoms with E-state index in [1.54, 1.807) is 24.3 Å². The van der Waals surface area contributed by atoms with Gasteiger partial charge in [0.25, 0.3) is 0 Å². The third-order valence-corrected chi connectivity index (χ3v) is 4.12. The zero-order valence-corrected chi connectivity index (χ0v) is 15.3. The van der Waals surface area contributed by atoms with E-state index in [4.69, 9.17) is 11.6 Å². The lowest BCUT2D eigenvalue weighted by atomic mass is 10.1. The van der Waals surface area contributed by atoms with Gasteiger partial charge in [0.1, 0.15) is 0 Å². The van der Waals surface area contributed by atoms with Crippen LogP contribution in [0.15, 0.2) is 48.5 Å². The van der Waals surface area contributed by atoms with Crippen LogP contribution in [0.25, 0.3) is 0 Å². The minimum atomic E-state index is -4.58. The van der Waals surface area contributed by atoms with Crippen LogP contribution in [0.3, 0.4) is 0 Å². The summed E-state index contributed by atoms with van der Waals surface area (Å²) in [6.45, 7) is 1.22. The van der Waals surface area contributed by atoms with Crippen LogP contribution in [0.4, 0.5) is 18.9 Å². The molecule has 0 aromatic heterocycles. The molecule has 0 fully saturated rings. The van der Waals surface area contributed by atoms with Crippen LogP contribution in [-0.4, -0.2) is 29.8 Å². The average molecular weight is 399 g/mol. The van der Waals surface area contributed by atoms with Crippen LogP contribution in [0.5, 0.6) is 0 Å². The SMILES string of the molecule is CC(=O)N(CCc1ccc(Cl)cc1)CC(=O)Nc1ccccc1C(F)(F)F. The number of carbonyl (C=O) groups is 2. The summed E-state index contributed by atoms with van der Waals surface area (Å²) >= 11 is 5.82. The molecular formula is C19H18ClF3N2O2. The van der Waals surface area contributed by atoms with E-state index in [0.717, 1.165) is 11.6 Å². The van der Waals surface area contributed by atoms with Crippen molar-refractivity contribution in [2.75, 3.05) is 18.4 Å². The van der Waals surface area contributed by atoms with Gasteiger partial charge in [-0.25, -0.2) is 0 Å². The van der Waals surface area contributed by atoms with Crippen molar-refractivity contribution in [3.63, 3.8) is 0 Å². The Kier molecular flexibility index (Phi) is 6.85. The van der Waals surface area contributed by atoms with Crippen molar-refractivity contribution in [3.8, 4) is 0 Å². The average Bonchev–Trinajstić information content (AvgIpc) is 2.59. The molecule has 2 rings (SSSR count). The fraction of sp³-hybridized carbons (Fsp3) is 0.263. The van der Waals surface area contributed by atoms with Crippen LogP contribution < -0.4 is 5.32 Å². The Morgan fingerprint density at radius 3 is 2.30 bits per heavy atom. The van der Waals surface area contributed by atoms with Gasteiger partial charge in [0.15, 0.2) is 0 Å². The lowest BCUT2D eigenvalue weighted by Gasteiger charge is -2.21. The largest absolute Gasteiger partial charge is 0.418 e. The molecule has 0 aliphatic heterocycles. The summed E-state index contributed by atoms with van der Waals surface area (Å²) in [6, 6.07) is 11.7. The molecule has 2 aromatic carbocycles. The Balaban J connectivity index is 2.01. The van der Waals surface area contributed by atoms with E-state index in [2.05, 4.69) is 5.32 Å². The maximum atomic E-state index is 13.0. The fourth-order valence-corrected chi connectivity index (χ4v) is 2.59. The van der Waals surface area contributed by atoms with Crippen LogP contribution in [-0.2, 0) is 22.2 Å². The van der Waals surface area contributed by atoms with Gasteiger partial charge in [0.05, 0.1) is 17.8 Å². The first-order valence-corrected chi connectivity index (χ1v) is 8.50. The first kappa shape index (κ1) is 20.8. The lowest BCUT2D eigenvalue weighted by Crippen LogP contribution is -2.38. The minimum Gasteiger partial charge on any atom is -0.333 e. The lowest BCUT2D eigenvalue weighted by molar-refractivity contribution is -0.137. The molecule has 0 aliphatic rings.